The van der Waals surface area contributed by atoms with Gasteiger partial charge in [-0.25, -0.2) is 15.0 Å². The molecule has 0 saturated heterocycles. The van der Waals surface area contributed by atoms with Crippen LogP contribution in [-0.2, 0) is 0 Å². The second kappa shape index (κ2) is 14.4. The molecule has 0 amide bonds. The van der Waals surface area contributed by atoms with Crippen molar-refractivity contribution in [3.8, 4) is 78.5 Å². The Morgan fingerprint density at radius 2 is 0.750 bits per heavy atom. The van der Waals surface area contributed by atoms with E-state index in [0.717, 1.165) is 72.5 Å². The fourth-order valence-electron chi connectivity index (χ4n) is 7.68. The van der Waals surface area contributed by atoms with Gasteiger partial charge in [0.15, 0.2) is 5.82 Å². The predicted molar refractivity (Wildman–Crippen MR) is 233 cm³/mol. The maximum absolute atomic E-state index is 5.47. The summed E-state index contributed by atoms with van der Waals surface area (Å²) in [7, 11) is 0. The molecule has 3 nitrogen and oxygen atoms in total. The number of benzene rings is 8. The lowest BCUT2D eigenvalue weighted by Crippen LogP contribution is -1.97. The average molecular weight is 714 g/mol. The van der Waals surface area contributed by atoms with Crippen molar-refractivity contribution >= 4 is 21.7 Å². The summed E-state index contributed by atoms with van der Waals surface area (Å²) < 4.78 is 0. The molecule has 0 fully saturated rings. The van der Waals surface area contributed by atoms with Gasteiger partial charge in [-0.15, -0.1) is 0 Å². The third-order valence-corrected chi connectivity index (χ3v) is 10.5. The number of rotatable bonds is 7. The van der Waals surface area contributed by atoms with Gasteiger partial charge in [-0.05, 0) is 62.9 Å². The van der Waals surface area contributed by atoms with Gasteiger partial charge in [0.25, 0.3) is 0 Å². The van der Waals surface area contributed by atoms with E-state index >= 15 is 0 Å². The lowest BCUT2D eigenvalue weighted by molar-refractivity contribution is 1.18. The highest BCUT2D eigenvalue weighted by Gasteiger charge is 2.18. The first-order valence-corrected chi connectivity index (χ1v) is 18.9. The van der Waals surface area contributed by atoms with Gasteiger partial charge in [-0.3, -0.25) is 0 Å². The second-order valence-electron chi connectivity index (χ2n) is 14.0. The van der Waals surface area contributed by atoms with Gasteiger partial charge in [0.05, 0.1) is 22.6 Å². The van der Waals surface area contributed by atoms with Crippen molar-refractivity contribution < 1.29 is 0 Å². The first-order valence-electron chi connectivity index (χ1n) is 18.9. The quantitative estimate of drug-likeness (QED) is 0.154. The number of hydrogen-bond donors (Lipinski definition) is 0. The Morgan fingerprint density at radius 1 is 0.268 bits per heavy atom. The van der Waals surface area contributed by atoms with Crippen LogP contribution in [0.1, 0.15) is 0 Å². The highest BCUT2D eigenvalue weighted by molar-refractivity contribution is 6.18. The van der Waals surface area contributed by atoms with E-state index in [-0.39, 0.29) is 0 Å². The minimum atomic E-state index is 0.688. The number of nitrogens with zero attached hydrogens (tertiary/aromatic N) is 3. The van der Waals surface area contributed by atoms with Crippen LogP contribution in [0.5, 0.6) is 0 Å². The lowest BCUT2D eigenvalue weighted by Gasteiger charge is -2.17. The van der Waals surface area contributed by atoms with Crippen molar-refractivity contribution in [1.29, 1.82) is 0 Å². The summed E-state index contributed by atoms with van der Waals surface area (Å²) in [5.74, 6) is 0.688. The average Bonchev–Trinajstić information content (AvgIpc) is 3.29. The van der Waals surface area contributed by atoms with Gasteiger partial charge in [0.2, 0.25) is 0 Å². The molecule has 0 aliphatic carbocycles. The molecule has 2 heterocycles. The minimum Gasteiger partial charge on any atom is -0.247 e. The number of hydrogen-bond acceptors (Lipinski definition) is 3. The molecule has 0 bridgehead atoms. The zero-order valence-electron chi connectivity index (χ0n) is 30.5. The van der Waals surface area contributed by atoms with E-state index in [0.29, 0.717) is 5.82 Å². The summed E-state index contributed by atoms with van der Waals surface area (Å²) in [6.45, 7) is 0. The molecule has 262 valence electrons. The molecule has 0 spiro atoms. The van der Waals surface area contributed by atoms with Crippen LogP contribution in [0, 0.1) is 0 Å². The second-order valence-corrected chi connectivity index (χ2v) is 14.0. The molecule has 56 heavy (non-hydrogen) atoms. The van der Waals surface area contributed by atoms with Gasteiger partial charge in [0, 0.05) is 33.2 Å². The van der Waals surface area contributed by atoms with E-state index in [1.165, 1.54) is 21.9 Å². The summed E-state index contributed by atoms with van der Waals surface area (Å²) >= 11 is 0. The molecular formula is C53H35N3. The van der Waals surface area contributed by atoms with Crippen molar-refractivity contribution in [2.45, 2.75) is 0 Å². The van der Waals surface area contributed by atoms with Crippen LogP contribution in [0.2, 0.25) is 0 Å². The highest BCUT2D eigenvalue weighted by Crippen LogP contribution is 2.42. The van der Waals surface area contributed by atoms with Gasteiger partial charge < -0.3 is 0 Å². The topological polar surface area (TPSA) is 38.7 Å². The van der Waals surface area contributed by atoms with E-state index in [1.807, 2.05) is 24.3 Å². The Labute approximate surface area is 326 Å². The van der Waals surface area contributed by atoms with Gasteiger partial charge >= 0.3 is 0 Å². The third kappa shape index (κ3) is 6.31. The largest absolute Gasteiger partial charge is 0.247 e. The first kappa shape index (κ1) is 33.1. The minimum absolute atomic E-state index is 0.688. The summed E-state index contributed by atoms with van der Waals surface area (Å²) in [5, 5.41) is 3.49. The molecule has 0 atom stereocenters. The molecule has 0 radical (unpaired) electrons. The monoisotopic (exact) mass is 713 g/mol. The van der Waals surface area contributed by atoms with Crippen molar-refractivity contribution in [3.63, 3.8) is 0 Å². The fraction of sp³-hybridized carbons (Fsp3) is 0. The van der Waals surface area contributed by atoms with E-state index in [4.69, 9.17) is 15.0 Å². The van der Waals surface area contributed by atoms with Crippen LogP contribution >= 0.6 is 0 Å². The molecular weight excluding hydrogens is 679 g/mol. The van der Waals surface area contributed by atoms with E-state index in [9.17, 15) is 0 Å². The van der Waals surface area contributed by atoms with Gasteiger partial charge in [0.1, 0.15) is 0 Å². The highest BCUT2D eigenvalue weighted by atomic mass is 14.9. The molecule has 10 aromatic rings. The molecule has 0 aliphatic heterocycles. The van der Waals surface area contributed by atoms with Crippen LogP contribution in [0.25, 0.3) is 100 Å². The van der Waals surface area contributed by atoms with Gasteiger partial charge in [-0.2, -0.15) is 0 Å². The standard InChI is InChI=1S/C53H35N3/c1-5-16-36(17-6-1)37-28-30-40(31-29-37)49-35-50(56-53(55-49)41-22-11-4-12-23-41)44-26-15-25-42(32-44)47-33-43-24-13-14-27-45(43)51-46(38-18-7-2-8-19-38)34-48(54-52(47)51)39-20-9-3-10-21-39/h1-35H. The van der Waals surface area contributed by atoms with E-state index < -0.39 is 0 Å². The smallest absolute Gasteiger partial charge is 0.160 e. The van der Waals surface area contributed by atoms with Crippen molar-refractivity contribution in [2.75, 3.05) is 0 Å². The molecule has 8 aromatic carbocycles. The molecule has 3 heteroatoms. The lowest BCUT2D eigenvalue weighted by atomic mass is 9.90. The molecule has 0 saturated carbocycles. The zero-order valence-corrected chi connectivity index (χ0v) is 30.5. The molecule has 0 N–H and O–H groups in total. The number of pyridine rings is 1. The predicted octanol–water partition coefficient (Wildman–Crippen LogP) is 13.8. The van der Waals surface area contributed by atoms with Gasteiger partial charge in [-0.1, -0.05) is 188 Å². The summed E-state index contributed by atoms with van der Waals surface area (Å²) in [6.07, 6.45) is 0. The molecule has 10 rings (SSSR count). The SMILES string of the molecule is c1ccc(-c2ccc(-c3cc(-c4cccc(-c5cc6ccccc6c6c(-c7ccccc7)cc(-c7ccccc7)nc56)c4)nc(-c4ccccc4)n3)cc2)cc1. The maximum atomic E-state index is 5.47. The molecule has 0 aliphatic rings. The number of fused-ring (bicyclic) bond motifs is 3. The summed E-state index contributed by atoms with van der Waals surface area (Å²) in [4.78, 5) is 15.8. The van der Waals surface area contributed by atoms with E-state index in [1.54, 1.807) is 0 Å². The van der Waals surface area contributed by atoms with Crippen LogP contribution < -0.4 is 0 Å². The molecule has 0 unspecified atom stereocenters. The summed E-state index contributed by atoms with van der Waals surface area (Å²) in [6, 6.07) is 74.5. The fourth-order valence-corrected chi connectivity index (χ4v) is 7.68. The summed E-state index contributed by atoms with van der Waals surface area (Å²) in [5.41, 5.74) is 14.6. The third-order valence-electron chi connectivity index (χ3n) is 10.5. The Hall–Kier alpha value is -7.49. The van der Waals surface area contributed by atoms with Crippen LogP contribution in [0.15, 0.2) is 212 Å². The van der Waals surface area contributed by atoms with Crippen LogP contribution in [0.3, 0.4) is 0 Å². The maximum Gasteiger partial charge on any atom is 0.160 e. The van der Waals surface area contributed by atoms with Crippen LogP contribution in [-0.4, -0.2) is 15.0 Å². The Kier molecular flexibility index (Phi) is 8.51. The Balaban J connectivity index is 1.17. The normalized spacial score (nSPS) is 11.2. The number of aromatic nitrogens is 3. The van der Waals surface area contributed by atoms with E-state index in [2.05, 4.69) is 188 Å². The van der Waals surface area contributed by atoms with Crippen molar-refractivity contribution in [1.82, 2.24) is 15.0 Å². The Morgan fingerprint density at radius 3 is 1.45 bits per heavy atom. The van der Waals surface area contributed by atoms with Crippen LogP contribution in [0.4, 0.5) is 0 Å². The molecule has 2 aromatic heterocycles. The zero-order chi connectivity index (χ0) is 37.3. The van der Waals surface area contributed by atoms with Crippen molar-refractivity contribution in [2.24, 2.45) is 0 Å². The van der Waals surface area contributed by atoms with Crippen molar-refractivity contribution in [3.05, 3.63) is 212 Å². The Bertz CT molecular complexity index is 2980. The first-order chi connectivity index (χ1) is 27.7.